The van der Waals surface area contributed by atoms with Crippen LogP contribution in [0, 0.1) is 5.41 Å². The zero-order valence-corrected chi connectivity index (χ0v) is 16.5. The molecule has 2 atom stereocenters. The summed E-state index contributed by atoms with van der Waals surface area (Å²) >= 11 is 0. The molecule has 1 aliphatic rings. The minimum absolute atomic E-state index is 0.0261. The first-order chi connectivity index (χ1) is 11.4. The Morgan fingerprint density at radius 1 is 1.29 bits per heavy atom. The van der Waals surface area contributed by atoms with Crippen LogP contribution in [0.2, 0.25) is 0 Å². The van der Waals surface area contributed by atoms with Crippen LogP contribution in [-0.4, -0.2) is 25.3 Å². The molecule has 1 unspecified atom stereocenters. The predicted molar refractivity (Wildman–Crippen MR) is 106 cm³/mol. The maximum absolute atomic E-state index is 6.10. The van der Waals surface area contributed by atoms with Crippen molar-refractivity contribution < 1.29 is 4.74 Å². The van der Waals surface area contributed by atoms with Crippen LogP contribution in [-0.2, 0) is 4.74 Å². The second-order valence-electron chi connectivity index (χ2n) is 7.33. The Morgan fingerprint density at radius 2 is 2.00 bits per heavy atom. The normalized spacial score (nSPS) is 28.7. The van der Waals surface area contributed by atoms with E-state index in [2.05, 4.69) is 65.2 Å². The van der Waals surface area contributed by atoms with Gasteiger partial charge in [0.15, 0.2) is 0 Å². The molecule has 1 rings (SSSR count). The largest absolute Gasteiger partial charge is 0.375 e. The molecular formula is C22H37NO. The number of hydrogen-bond donors (Lipinski definition) is 1. The van der Waals surface area contributed by atoms with Gasteiger partial charge in [0.2, 0.25) is 0 Å². The number of hydrogen-bond acceptors (Lipinski definition) is 2. The maximum Gasteiger partial charge on any atom is 0.0660 e. The third-order valence-corrected chi connectivity index (χ3v) is 5.63. The van der Waals surface area contributed by atoms with Crippen LogP contribution in [0.4, 0.5) is 0 Å². The molecule has 1 N–H and O–H groups in total. The van der Waals surface area contributed by atoms with Crippen molar-refractivity contribution >= 4 is 0 Å². The van der Waals surface area contributed by atoms with Crippen LogP contribution in [0.1, 0.15) is 60.3 Å². The Bertz CT molecular complexity index is 502. The van der Waals surface area contributed by atoms with E-state index in [0.717, 1.165) is 51.0 Å². The quantitative estimate of drug-likeness (QED) is 0.439. The third-order valence-electron chi connectivity index (χ3n) is 5.63. The summed E-state index contributed by atoms with van der Waals surface area (Å²) in [5.74, 6) is 0. The summed E-state index contributed by atoms with van der Waals surface area (Å²) in [6, 6.07) is 0. The van der Waals surface area contributed by atoms with Gasteiger partial charge in [-0.25, -0.2) is 0 Å². The molecule has 0 aromatic rings. The Labute approximate surface area is 149 Å². The summed E-state index contributed by atoms with van der Waals surface area (Å²) in [5.41, 5.74) is 3.96. The number of rotatable bonds is 9. The van der Waals surface area contributed by atoms with Gasteiger partial charge in [0.25, 0.3) is 0 Å². The Balaban J connectivity index is 2.81. The highest BCUT2D eigenvalue weighted by atomic mass is 16.5. The molecule has 0 amide bonds. The van der Waals surface area contributed by atoms with Gasteiger partial charge in [-0.15, -0.1) is 0 Å². The van der Waals surface area contributed by atoms with Gasteiger partial charge in [0.05, 0.1) is 5.60 Å². The second kappa shape index (κ2) is 9.39. The van der Waals surface area contributed by atoms with E-state index >= 15 is 0 Å². The fourth-order valence-corrected chi connectivity index (χ4v) is 3.87. The maximum atomic E-state index is 6.10. The fourth-order valence-electron chi connectivity index (χ4n) is 3.87. The van der Waals surface area contributed by atoms with E-state index in [4.69, 9.17) is 4.74 Å². The zero-order chi connectivity index (χ0) is 18.2. The molecule has 24 heavy (non-hydrogen) atoms. The zero-order valence-electron chi connectivity index (χ0n) is 16.5. The van der Waals surface area contributed by atoms with Gasteiger partial charge in [-0.2, -0.15) is 0 Å². The van der Waals surface area contributed by atoms with Crippen LogP contribution in [0.5, 0.6) is 0 Å². The monoisotopic (exact) mass is 331 g/mol. The highest BCUT2D eigenvalue weighted by Gasteiger charge is 2.43. The average Bonchev–Trinajstić information content (AvgIpc) is 2.55. The Morgan fingerprint density at radius 3 is 2.50 bits per heavy atom. The topological polar surface area (TPSA) is 21.3 Å². The molecule has 0 spiro atoms. The standard InChI is InChI=1S/C22H37NO/c1-8-19(18(5)6)16-23-14-12-22(20(9-2)10-3)13-15-24-21(7,11-4)17-22/h8-10,23H,2,5,11-17H2,1,3-4,6-7H3/b19-8-,20-10+/t21?,22-/m1/s1. The van der Waals surface area contributed by atoms with Crippen LogP contribution in [0.15, 0.2) is 48.1 Å². The van der Waals surface area contributed by atoms with Gasteiger partial charge in [-0.05, 0) is 71.1 Å². The Hall–Kier alpha value is -1.12. The predicted octanol–water partition coefficient (Wildman–Crippen LogP) is 5.59. The van der Waals surface area contributed by atoms with E-state index in [9.17, 15) is 0 Å². The van der Waals surface area contributed by atoms with E-state index < -0.39 is 0 Å². The molecule has 0 radical (unpaired) electrons. The van der Waals surface area contributed by atoms with Gasteiger partial charge in [-0.1, -0.05) is 43.9 Å². The van der Waals surface area contributed by atoms with Crippen LogP contribution in [0.25, 0.3) is 0 Å². The number of ether oxygens (including phenoxy) is 1. The van der Waals surface area contributed by atoms with E-state index in [1.54, 1.807) is 0 Å². The first-order valence-electron chi connectivity index (χ1n) is 9.31. The van der Waals surface area contributed by atoms with Crippen molar-refractivity contribution in [2.24, 2.45) is 5.41 Å². The lowest BCUT2D eigenvalue weighted by atomic mass is 9.66. The fraction of sp³-hybridized carbons (Fsp3) is 0.636. The third kappa shape index (κ3) is 5.19. The van der Waals surface area contributed by atoms with E-state index in [-0.39, 0.29) is 11.0 Å². The summed E-state index contributed by atoms with van der Waals surface area (Å²) in [6.07, 6.45) is 10.7. The molecular weight excluding hydrogens is 294 g/mol. The molecule has 1 saturated heterocycles. The minimum atomic E-state index is -0.0261. The molecule has 2 nitrogen and oxygen atoms in total. The summed E-state index contributed by atoms with van der Waals surface area (Å²) in [6.45, 7) is 21.6. The lowest BCUT2D eigenvalue weighted by molar-refractivity contribution is -0.109. The van der Waals surface area contributed by atoms with Crippen molar-refractivity contribution in [3.63, 3.8) is 0 Å². The molecule has 0 saturated carbocycles. The molecule has 2 heteroatoms. The van der Waals surface area contributed by atoms with E-state index in [1.807, 2.05) is 6.08 Å². The molecule has 0 bridgehead atoms. The Kier molecular flexibility index (Phi) is 8.18. The summed E-state index contributed by atoms with van der Waals surface area (Å²) < 4.78 is 6.10. The van der Waals surface area contributed by atoms with Crippen LogP contribution in [0.3, 0.4) is 0 Å². The molecule has 1 aliphatic heterocycles. The van der Waals surface area contributed by atoms with Crippen LogP contribution >= 0.6 is 0 Å². The molecule has 0 aromatic carbocycles. The van der Waals surface area contributed by atoms with Gasteiger partial charge in [0.1, 0.15) is 0 Å². The SMILES string of the molecule is C=C/C(=C\C)[C@]1(CCNC/C(=C/C)C(=C)C)CCOC(C)(CC)C1. The number of allylic oxidation sites excluding steroid dienone is 4. The van der Waals surface area contributed by atoms with E-state index in [0.29, 0.717) is 0 Å². The minimum Gasteiger partial charge on any atom is -0.375 e. The van der Waals surface area contributed by atoms with E-state index in [1.165, 1.54) is 11.1 Å². The first-order valence-corrected chi connectivity index (χ1v) is 9.31. The first kappa shape index (κ1) is 20.9. The van der Waals surface area contributed by atoms with Crippen molar-refractivity contribution in [1.29, 1.82) is 0 Å². The van der Waals surface area contributed by atoms with Crippen molar-refractivity contribution in [2.45, 2.75) is 65.9 Å². The van der Waals surface area contributed by atoms with Gasteiger partial charge in [0, 0.05) is 18.6 Å². The summed E-state index contributed by atoms with van der Waals surface area (Å²) in [7, 11) is 0. The second-order valence-corrected chi connectivity index (χ2v) is 7.33. The summed E-state index contributed by atoms with van der Waals surface area (Å²) in [4.78, 5) is 0. The lowest BCUT2D eigenvalue weighted by Crippen LogP contribution is -2.45. The highest BCUT2D eigenvalue weighted by Crippen LogP contribution is 2.48. The number of nitrogens with one attached hydrogen (secondary N) is 1. The van der Waals surface area contributed by atoms with Crippen molar-refractivity contribution in [3.05, 3.63) is 48.1 Å². The van der Waals surface area contributed by atoms with Gasteiger partial charge >= 0.3 is 0 Å². The van der Waals surface area contributed by atoms with Gasteiger partial charge in [-0.3, -0.25) is 0 Å². The average molecular weight is 332 g/mol. The van der Waals surface area contributed by atoms with Crippen molar-refractivity contribution in [3.8, 4) is 0 Å². The van der Waals surface area contributed by atoms with Crippen molar-refractivity contribution in [2.75, 3.05) is 19.7 Å². The molecule has 1 fully saturated rings. The smallest absolute Gasteiger partial charge is 0.0660 e. The lowest BCUT2D eigenvalue weighted by Gasteiger charge is -2.47. The molecule has 1 heterocycles. The van der Waals surface area contributed by atoms with Crippen LogP contribution < -0.4 is 5.32 Å². The van der Waals surface area contributed by atoms with Gasteiger partial charge < -0.3 is 10.1 Å². The summed E-state index contributed by atoms with van der Waals surface area (Å²) in [5, 5.41) is 3.61. The molecule has 0 aromatic heterocycles. The highest BCUT2D eigenvalue weighted by molar-refractivity contribution is 5.28. The molecule has 136 valence electrons. The van der Waals surface area contributed by atoms with Crippen molar-refractivity contribution in [1.82, 2.24) is 5.32 Å². The molecule has 0 aliphatic carbocycles.